The van der Waals surface area contributed by atoms with Gasteiger partial charge in [0.05, 0.1) is 121 Å². The molecule has 0 aromatic heterocycles. The van der Waals surface area contributed by atoms with Crippen LogP contribution in [0, 0.1) is 23.7 Å². The van der Waals surface area contributed by atoms with E-state index in [0.29, 0.717) is 77.0 Å². The molecular weight excluding hydrogens is 1810 g/mol. The van der Waals surface area contributed by atoms with Crippen molar-refractivity contribution in [3.63, 3.8) is 0 Å². The van der Waals surface area contributed by atoms with Gasteiger partial charge in [-0.1, -0.05) is 92.9 Å². The summed E-state index contributed by atoms with van der Waals surface area (Å²) in [7, 11) is -26.1. The van der Waals surface area contributed by atoms with Gasteiger partial charge in [-0.3, -0.25) is 37.2 Å². The smallest absolute Gasteiger partial charge is 0.268 e. The number of aliphatic hydroxyl groups is 9. The van der Waals surface area contributed by atoms with E-state index in [1.807, 2.05) is 20.8 Å². The molecule has 0 spiro atoms. The zero-order valence-electron chi connectivity index (χ0n) is 73.5. The Kier molecular flexibility index (Phi) is 54.8. The number of aliphatic hydroxyl groups excluding tert-OH is 9. The van der Waals surface area contributed by atoms with Crippen molar-refractivity contribution in [2.75, 3.05) is 119 Å². The molecule has 0 amide bonds. The molecule has 9 N–H and O–H groups in total. The van der Waals surface area contributed by atoms with Crippen molar-refractivity contribution in [3.05, 3.63) is 0 Å². The van der Waals surface area contributed by atoms with Crippen LogP contribution in [-0.2, 0) is 144 Å². The van der Waals surface area contributed by atoms with Gasteiger partial charge in [0.15, 0.2) is 55.1 Å². The zero-order chi connectivity index (χ0) is 93.6. The predicted octanol–water partition coefficient (Wildman–Crippen LogP) is 2.89. The monoisotopic (exact) mass is 1950 g/mol. The summed E-state index contributed by atoms with van der Waals surface area (Å²) in [4.78, 5) is 103. The lowest BCUT2D eigenvalue weighted by Crippen LogP contribution is -2.55. The Morgan fingerprint density at radius 2 is 0.625 bits per heavy atom. The van der Waals surface area contributed by atoms with E-state index < -0.39 is 246 Å². The van der Waals surface area contributed by atoms with E-state index in [1.54, 1.807) is 27.7 Å². The number of phosphoric acid groups is 5. The molecule has 0 aromatic rings. The Morgan fingerprint density at radius 1 is 0.328 bits per heavy atom. The van der Waals surface area contributed by atoms with Gasteiger partial charge in [0.2, 0.25) is 0 Å². The van der Waals surface area contributed by atoms with Crippen molar-refractivity contribution in [2.24, 2.45) is 23.7 Å². The maximum Gasteiger partial charge on any atom is 0.268 e. The van der Waals surface area contributed by atoms with E-state index >= 15 is 0 Å². The van der Waals surface area contributed by atoms with E-state index in [2.05, 4.69) is 0 Å². The molecule has 6 saturated heterocycles. The van der Waals surface area contributed by atoms with Crippen LogP contribution in [0.3, 0.4) is 0 Å². The van der Waals surface area contributed by atoms with Crippen LogP contribution in [0.4, 0.5) is 0 Å². The van der Waals surface area contributed by atoms with Gasteiger partial charge in [-0.2, -0.15) is 0 Å². The highest BCUT2D eigenvalue weighted by atomic mass is 31.2. The summed E-state index contributed by atoms with van der Waals surface area (Å²) in [6.45, 7) is 4.99. The van der Waals surface area contributed by atoms with E-state index in [1.165, 1.54) is 0 Å². The molecule has 0 radical (unpaired) electrons. The van der Waals surface area contributed by atoms with Gasteiger partial charge in [-0.25, -0.2) is 0 Å². The maximum atomic E-state index is 13.3. The van der Waals surface area contributed by atoms with Crippen LogP contribution in [0.1, 0.15) is 210 Å². The average Bonchev–Trinajstić information content (AvgIpc) is 1.78. The number of Topliss-reactive ketones (excluding diaryl/α,β-unsaturated/α-hetero) is 3. The largest absolute Gasteiger partial charge is 0.756 e. The van der Waals surface area contributed by atoms with Crippen LogP contribution in [0.25, 0.3) is 0 Å². The fourth-order valence-corrected chi connectivity index (χ4v) is 18.4. The second-order valence-electron chi connectivity index (χ2n) is 33.5. The standard InChI is InChI=1S/C77H143O45P5.CH4/c1-50-60(41-78)118-74(51(2)69(50)85)103-44-54(81)26-17-11-8-14-20-29-100-66-38-57(84)63(115-66)47-112-123(90,91)108-34-24-36-110-126(96,97)122-59-40-68(102-31-22-16-10-13-19-28-56(83)46-105-76-53(4)71(87)73(89)62(43-80)120-76)117-65(59)49-114-125(94,95)109-35-25-37-111-127(98,99)121-58-39-67(116-64(58)48-113-124(92,93)107-33-23-32-106-77(5,6)7)101-30-21-15-9-12-18-27-55(82)45-104-75-52(3)70(86)72(88)61(42-79)119-75;/h50-53,57-76,78-80,84-89H,8-49H2,1-7H3,(H,90,91)(H,92,93)(H,94,95)(H,96,97)(H,98,99);1H4/p-5/t50-,51?,52?,53?,57+,58+,59+,60?,61?,62?,63?,64?,65?,66-,67-,68-,69-,70+,71+,72-,73-,74+,75+,76+;/m0./s1. The third kappa shape index (κ3) is 44.6. The normalized spacial score (nSPS) is 32.4. The summed E-state index contributed by atoms with van der Waals surface area (Å²) in [5, 5.41) is 90.4. The van der Waals surface area contributed by atoms with Crippen molar-refractivity contribution < 1.29 is 214 Å². The predicted molar refractivity (Wildman–Crippen MR) is 435 cm³/mol. The van der Waals surface area contributed by atoms with Gasteiger partial charge in [-0.15, -0.1) is 0 Å². The molecule has 29 atom stereocenters. The number of ketones is 3. The summed E-state index contributed by atoms with van der Waals surface area (Å²) in [6, 6.07) is 0. The summed E-state index contributed by atoms with van der Waals surface area (Å²) in [5.41, 5.74) is -0.499. The SMILES string of the molecule is C.CC1[C@H](OCC(=O)CCCCCCCO[C@@H]2C[C@@H](O)C(COP(=O)([O-])OCCCOP(=O)([O-])O[C@@H]3C[C@@H](OCCCCCCCC(=O)CO[C@@H]4OC(CO)[C@H](O)[C@H](O)C4C)OC3COP(=O)([O-])OCCCOP(=O)([O-])O[C@@H]3C[C@@H](OCCCCCCCC(=O)CO[C@@H]4OC(CO)[C@H](O)[C@H](O)C4C)OC3COP(=O)([O-])OCCCOC(C)(C)C)O2)OC(CO)[C@H](C)[C@@H]1O. The Bertz CT molecular complexity index is 3350. The lowest BCUT2D eigenvalue weighted by Gasteiger charge is -2.41. The van der Waals surface area contributed by atoms with Crippen LogP contribution in [0.5, 0.6) is 0 Å². The van der Waals surface area contributed by atoms with Gasteiger partial charge in [0, 0.05) is 88.6 Å². The number of hydrogen-bond acceptors (Lipinski definition) is 45. The minimum atomic E-state index is -5.35. The molecule has 6 rings (SSSR count). The first-order valence-corrected chi connectivity index (χ1v) is 51.1. The topological polar surface area (TPSA) is 646 Å². The van der Waals surface area contributed by atoms with Crippen molar-refractivity contribution in [3.8, 4) is 0 Å². The highest BCUT2D eigenvalue weighted by Crippen LogP contribution is 2.49. The van der Waals surface area contributed by atoms with Crippen molar-refractivity contribution in [1.82, 2.24) is 0 Å². The molecule has 754 valence electrons. The minimum Gasteiger partial charge on any atom is -0.756 e. The Labute approximate surface area is 749 Å². The Hall–Kier alpha value is -1.32. The second kappa shape index (κ2) is 59.8. The number of carbonyl (C=O) groups is 3. The molecular formula is C78H142O45P5-5. The maximum absolute atomic E-state index is 13.3. The van der Waals surface area contributed by atoms with Gasteiger partial charge < -0.3 is 177 Å². The first-order chi connectivity index (χ1) is 60.0. The fourth-order valence-electron chi connectivity index (χ4n) is 14.2. The highest BCUT2D eigenvalue weighted by molar-refractivity contribution is 7.47. The molecule has 0 aliphatic carbocycles. The molecule has 6 fully saturated rings. The number of carbonyl (C=O) groups excluding carboxylic acids is 3. The minimum absolute atomic E-state index is 0. The molecule has 0 aromatic carbocycles. The van der Waals surface area contributed by atoms with Crippen LogP contribution in [-0.4, -0.2) is 311 Å². The number of hydrogen-bond donors (Lipinski definition) is 9. The van der Waals surface area contributed by atoms with Crippen LogP contribution >= 0.6 is 39.1 Å². The summed E-state index contributed by atoms with van der Waals surface area (Å²) in [5.74, 6) is -2.59. The number of ether oxygens (including phenoxy) is 13. The van der Waals surface area contributed by atoms with Crippen LogP contribution in [0.2, 0.25) is 0 Å². The molecule has 128 heavy (non-hydrogen) atoms. The van der Waals surface area contributed by atoms with Gasteiger partial charge in [-0.05, 0) is 78.6 Å². The lowest BCUT2D eigenvalue weighted by atomic mass is 9.86. The van der Waals surface area contributed by atoms with Crippen LogP contribution < -0.4 is 24.5 Å². The summed E-state index contributed by atoms with van der Waals surface area (Å²) >= 11 is 0. The van der Waals surface area contributed by atoms with Gasteiger partial charge in [0.1, 0.15) is 62.5 Å². The average molecular weight is 1950 g/mol. The first-order valence-electron chi connectivity index (χ1n) is 43.8. The highest BCUT2D eigenvalue weighted by Gasteiger charge is 2.47. The second-order valence-corrected chi connectivity index (χ2v) is 40.4. The van der Waals surface area contributed by atoms with Crippen LogP contribution in [0.15, 0.2) is 0 Å². The zero-order valence-corrected chi connectivity index (χ0v) is 78.0. The van der Waals surface area contributed by atoms with E-state index in [-0.39, 0.29) is 147 Å². The quantitative estimate of drug-likeness (QED) is 0.0312. The Balaban J connectivity index is 0.0000290. The van der Waals surface area contributed by atoms with Crippen molar-refractivity contribution in [2.45, 2.75) is 339 Å². The van der Waals surface area contributed by atoms with Gasteiger partial charge >= 0.3 is 0 Å². The molecule has 50 heteroatoms. The molecule has 6 aliphatic rings. The first kappa shape index (κ1) is 117. The third-order valence-electron chi connectivity index (χ3n) is 21.8. The van der Waals surface area contributed by atoms with Crippen molar-refractivity contribution in [1.29, 1.82) is 0 Å². The van der Waals surface area contributed by atoms with Gasteiger partial charge in [0.25, 0.3) is 39.1 Å². The summed E-state index contributed by atoms with van der Waals surface area (Å²) < 4.78 is 190. The molecule has 45 nitrogen and oxygen atoms in total. The third-order valence-corrected chi connectivity index (χ3v) is 26.7. The van der Waals surface area contributed by atoms with Crippen molar-refractivity contribution >= 4 is 56.5 Å². The fraction of sp³-hybridized carbons (Fsp3) is 0.962. The Morgan fingerprint density at radius 3 is 0.977 bits per heavy atom. The number of rotatable bonds is 69. The molecule has 0 saturated carbocycles. The molecule has 0 bridgehead atoms. The lowest BCUT2D eigenvalue weighted by molar-refractivity contribution is -0.280. The molecule has 6 aliphatic heterocycles. The molecule has 14 unspecified atom stereocenters. The number of phosphoric ester groups is 5. The van der Waals surface area contributed by atoms with E-state index in [4.69, 9.17) is 107 Å². The number of unbranched alkanes of at least 4 members (excludes halogenated alkanes) is 12. The molecule has 6 heterocycles. The van der Waals surface area contributed by atoms with E-state index in [9.17, 15) is 108 Å². The summed E-state index contributed by atoms with van der Waals surface area (Å²) in [6.07, 6.45) is -14.0. The van der Waals surface area contributed by atoms with E-state index in [0.717, 1.165) is 19.3 Å².